The summed E-state index contributed by atoms with van der Waals surface area (Å²) in [7, 11) is 1.50. The zero-order valence-electron chi connectivity index (χ0n) is 15.9. The highest BCUT2D eigenvalue weighted by atomic mass is 16.5. The lowest BCUT2D eigenvalue weighted by atomic mass is 10.1. The molecule has 8 nitrogen and oxygen atoms in total. The summed E-state index contributed by atoms with van der Waals surface area (Å²) in [6.45, 7) is 4.42. The fourth-order valence-corrected chi connectivity index (χ4v) is 2.52. The van der Waals surface area contributed by atoms with E-state index in [0.29, 0.717) is 18.3 Å². The topological polar surface area (TPSA) is 124 Å². The molecule has 0 atom stereocenters. The molecule has 1 saturated carbocycles. The Labute approximate surface area is 158 Å². The van der Waals surface area contributed by atoms with E-state index in [0.717, 1.165) is 35.7 Å². The van der Waals surface area contributed by atoms with Gasteiger partial charge in [0.2, 0.25) is 5.88 Å². The van der Waals surface area contributed by atoms with Gasteiger partial charge in [-0.1, -0.05) is 0 Å². The van der Waals surface area contributed by atoms with Gasteiger partial charge in [0.05, 0.1) is 12.8 Å². The zero-order chi connectivity index (χ0) is 19.9. The number of aryl methyl sites for hydroxylation is 1. The third-order valence-corrected chi connectivity index (χ3v) is 4.26. The Morgan fingerprint density at radius 3 is 2.44 bits per heavy atom. The molecule has 0 bridgehead atoms. The van der Waals surface area contributed by atoms with Crippen LogP contribution in [0, 0.1) is 17.7 Å². The van der Waals surface area contributed by atoms with Crippen molar-refractivity contribution < 1.29 is 14.3 Å². The van der Waals surface area contributed by atoms with Crippen LogP contribution in [-0.4, -0.2) is 47.4 Å². The number of nitrogens with zero attached hydrogens (tertiary/aromatic N) is 3. The van der Waals surface area contributed by atoms with E-state index in [4.69, 9.17) is 14.9 Å². The normalized spacial score (nSPS) is 13.8. The molecule has 2 aromatic rings. The third-order valence-electron chi connectivity index (χ3n) is 4.26. The monoisotopic (exact) mass is 371 g/mol. The number of rotatable bonds is 7. The average Bonchev–Trinajstić information content (AvgIpc) is 3.50. The molecule has 1 aliphatic rings. The number of nitrogens with two attached hydrogens (primary N) is 1. The Kier molecular flexibility index (Phi) is 6.95. The van der Waals surface area contributed by atoms with Gasteiger partial charge in [0.1, 0.15) is 12.0 Å². The number of aromatic nitrogens is 3. The van der Waals surface area contributed by atoms with E-state index in [1.165, 1.54) is 7.05 Å². The van der Waals surface area contributed by atoms with Crippen LogP contribution in [0.1, 0.15) is 31.2 Å². The Morgan fingerprint density at radius 1 is 1.26 bits per heavy atom. The standard InChI is InChI=1S/C18H20N4O3.CH5N/c1-3-24-17(23)18(4-5-18)11-25-16-6-12(2)14(10-22-16)13-8-20-15(7-19)21-9-13;1-2/h6-10,19H,3-5,11H2,1-2H3;2H2,1H3. The first-order valence-electron chi connectivity index (χ1n) is 8.75. The van der Waals surface area contributed by atoms with E-state index in [9.17, 15) is 4.79 Å². The minimum atomic E-state index is -0.499. The summed E-state index contributed by atoms with van der Waals surface area (Å²) < 4.78 is 10.8. The van der Waals surface area contributed by atoms with Crippen LogP contribution in [0.5, 0.6) is 5.88 Å². The molecule has 1 fully saturated rings. The van der Waals surface area contributed by atoms with Gasteiger partial charge < -0.3 is 20.6 Å². The largest absolute Gasteiger partial charge is 0.476 e. The van der Waals surface area contributed by atoms with E-state index >= 15 is 0 Å². The van der Waals surface area contributed by atoms with Gasteiger partial charge in [-0.15, -0.1) is 0 Å². The molecule has 3 N–H and O–H groups in total. The summed E-state index contributed by atoms with van der Waals surface area (Å²) in [5.41, 5.74) is 6.70. The first-order valence-corrected chi connectivity index (χ1v) is 8.75. The van der Waals surface area contributed by atoms with Crippen LogP contribution in [0.4, 0.5) is 0 Å². The van der Waals surface area contributed by atoms with Crippen molar-refractivity contribution in [3.63, 3.8) is 0 Å². The maximum absolute atomic E-state index is 12.0. The van der Waals surface area contributed by atoms with Crippen LogP contribution in [0.2, 0.25) is 0 Å². The molecule has 8 heteroatoms. The molecule has 2 heterocycles. The summed E-state index contributed by atoms with van der Waals surface area (Å²) in [5, 5.41) is 7.14. The smallest absolute Gasteiger partial charge is 0.315 e. The molecule has 1 aliphatic carbocycles. The predicted octanol–water partition coefficient (Wildman–Crippen LogP) is 2.14. The van der Waals surface area contributed by atoms with Crippen LogP contribution in [-0.2, 0) is 9.53 Å². The zero-order valence-corrected chi connectivity index (χ0v) is 15.9. The minimum Gasteiger partial charge on any atom is -0.476 e. The van der Waals surface area contributed by atoms with Gasteiger partial charge in [-0.3, -0.25) is 4.79 Å². The summed E-state index contributed by atoms with van der Waals surface area (Å²) in [5.74, 6) is 0.656. The van der Waals surface area contributed by atoms with Gasteiger partial charge >= 0.3 is 5.97 Å². The second-order valence-electron chi connectivity index (χ2n) is 6.10. The van der Waals surface area contributed by atoms with E-state index in [1.807, 2.05) is 13.0 Å². The van der Waals surface area contributed by atoms with Gasteiger partial charge in [0, 0.05) is 35.8 Å². The van der Waals surface area contributed by atoms with Crippen LogP contribution in [0.3, 0.4) is 0 Å². The van der Waals surface area contributed by atoms with Crippen molar-refractivity contribution in [2.75, 3.05) is 20.3 Å². The van der Waals surface area contributed by atoms with Gasteiger partial charge in [0.15, 0.2) is 5.82 Å². The lowest BCUT2D eigenvalue weighted by Gasteiger charge is -2.15. The second-order valence-corrected chi connectivity index (χ2v) is 6.10. The molecular weight excluding hydrogens is 346 g/mol. The molecule has 0 spiro atoms. The van der Waals surface area contributed by atoms with Gasteiger partial charge in [-0.05, 0) is 39.3 Å². The Morgan fingerprint density at radius 2 is 1.93 bits per heavy atom. The highest BCUT2D eigenvalue weighted by Gasteiger charge is 2.52. The lowest BCUT2D eigenvalue weighted by Crippen LogP contribution is -2.26. The summed E-state index contributed by atoms with van der Waals surface area (Å²) in [4.78, 5) is 24.4. The first kappa shape index (κ1) is 20.4. The molecule has 27 heavy (non-hydrogen) atoms. The Balaban J connectivity index is 0.00000126. The van der Waals surface area contributed by atoms with Crippen LogP contribution < -0.4 is 10.5 Å². The fraction of sp³-hybridized carbons (Fsp3) is 0.421. The van der Waals surface area contributed by atoms with E-state index < -0.39 is 5.41 Å². The molecule has 0 unspecified atom stereocenters. The van der Waals surface area contributed by atoms with Crippen LogP contribution in [0.25, 0.3) is 11.1 Å². The molecule has 2 aromatic heterocycles. The molecule has 0 radical (unpaired) electrons. The summed E-state index contributed by atoms with van der Waals surface area (Å²) in [6.07, 6.45) is 7.72. The summed E-state index contributed by atoms with van der Waals surface area (Å²) in [6, 6.07) is 1.83. The number of nitrogens with one attached hydrogen (secondary N) is 1. The highest BCUT2D eigenvalue weighted by Crippen LogP contribution is 2.47. The molecule has 3 rings (SSSR count). The van der Waals surface area contributed by atoms with E-state index in [1.54, 1.807) is 25.5 Å². The van der Waals surface area contributed by atoms with E-state index in [2.05, 4.69) is 20.7 Å². The van der Waals surface area contributed by atoms with Crippen LogP contribution in [0.15, 0.2) is 24.7 Å². The van der Waals surface area contributed by atoms with Crippen molar-refractivity contribution in [2.24, 2.45) is 11.1 Å². The van der Waals surface area contributed by atoms with Gasteiger partial charge in [-0.25, -0.2) is 15.0 Å². The van der Waals surface area contributed by atoms with Crippen molar-refractivity contribution in [3.8, 4) is 17.0 Å². The van der Waals surface area contributed by atoms with Crippen molar-refractivity contribution in [3.05, 3.63) is 36.0 Å². The molecule has 144 valence electrons. The van der Waals surface area contributed by atoms with Gasteiger partial charge in [0.25, 0.3) is 0 Å². The van der Waals surface area contributed by atoms with Crippen molar-refractivity contribution >= 4 is 12.2 Å². The highest BCUT2D eigenvalue weighted by molar-refractivity contribution is 5.80. The molecule has 0 aliphatic heterocycles. The van der Waals surface area contributed by atoms with Crippen molar-refractivity contribution in [1.29, 1.82) is 5.41 Å². The fourth-order valence-electron chi connectivity index (χ4n) is 2.52. The predicted molar refractivity (Wildman–Crippen MR) is 102 cm³/mol. The van der Waals surface area contributed by atoms with Crippen molar-refractivity contribution in [2.45, 2.75) is 26.7 Å². The summed E-state index contributed by atoms with van der Waals surface area (Å²) >= 11 is 0. The average molecular weight is 371 g/mol. The van der Waals surface area contributed by atoms with Crippen LogP contribution >= 0.6 is 0 Å². The number of carbonyl (C=O) groups is 1. The quantitative estimate of drug-likeness (QED) is 0.564. The number of hydrogen-bond acceptors (Lipinski definition) is 8. The number of carbonyl (C=O) groups excluding carboxylic acids is 1. The Hall–Kier alpha value is -2.87. The minimum absolute atomic E-state index is 0.188. The molecule has 0 saturated heterocycles. The maximum atomic E-state index is 12.0. The SMILES string of the molecule is CCOC(=O)C1(COc2cc(C)c(-c3cnc(C=N)nc3)cn2)CC1.CN. The maximum Gasteiger partial charge on any atom is 0.315 e. The number of hydrogen-bond donors (Lipinski definition) is 2. The van der Waals surface area contributed by atoms with E-state index in [-0.39, 0.29) is 12.6 Å². The Bertz CT molecular complexity index is 788. The first-order chi connectivity index (χ1) is 13.1. The van der Waals surface area contributed by atoms with Crippen molar-refractivity contribution in [1.82, 2.24) is 15.0 Å². The third kappa shape index (κ3) is 4.85. The van der Waals surface area contributed by atoms with Gasteiger partial charge in [-0.2, -0.15) is 0 Å². The number of esters is 1. The molecule has 0 aromatic carbocycles. The second kappa shape index (κ2) is 9.18. The lowest BCUT2D eigenvalue weighted by molar-refractivity contribution is -0.150. The number of pyridine rings is 1. The molecular formula is C19H25N5O3. The molecule has 0 amide bonds. The number of ether oxygens (including phenoxy) is 2.